The third kappa shape index (κ3) is 5.31. The van der Waals surface area contributed by atoms with Crippen molar-refractivity contribution in [3.8, 4) is 0 Å². The molecule has 2 heterocycles. The Labute approximate surface area is 190 Å². The summed E-state index contributed by atoms with van der Waals surface area (Å²) in [6, 6.07) is 7.94. The van der Waals surface area contributed by atoms with Crippen LogP contribution in [0.5, 0.6) is 0 Å². The molecule has 10 heteroatoms. The number of nitrogens with zero attached hydrogens (tertiary/aromatic N) is 1. The van der Waals surface area contributed by atoms with Gasteiger partial charge >= 0.3 is 12.1 Å². The lowest BCUT2D eigenvalue weighted by molar-refractivity contribution is -0.151. The van der Waals surface area contributed by atoms with Crippen LogP contribution in [0.1, 0.15) is 38.8 Å². The van der Waals surface area contributed by atoms with Crippen molar-refractivity contribution in [1.29, 1.82) is 0 Å². The summed E-state index contributed by atoms with van der Waals surface area (Å²) in [5.41, 5.74) is 7.55. The first-order chi connectivity index (χ1) is 15.2. The lowest BCUT2D eigenvalue weighted by atomic mass is 10.0. The zero-order valence-electron chi connectivity index (χ0n) is 18.2. The van der Waals surface area contributed by atoms with E-state index in [0.717, 1.165) is 5.56 Å². The third-order valence-corrected chi connectivity index (χ3v) is 6.44. The Bertz CT molecular complexity index is 933. The van der Waals surface area contributed by atoms with Gasteiger partial charge in [-0.2, -0.15) is 0 Å². The normalized spacial score (nSPS) is 20.9. The number of thioether (sulfide) groups is 1. The smallest absolute Gasteiger partial charge is 0.434 e. The van der Waals surface area contributed by atoms with Crippen molar-refractivity contribution in [2.45, 2.75) is 44.6 Å². The highest BCUT2D eigenvalue weighted by molar-refractivity contribution is 8.00. The van der Waals surface area contributed by atoms with E-state index in [4.69, 9.17) is 15.2 Å². The number of hydrogen-bond acceptors (Lipinski definition) is 8. The zero-order chi connectivity index (χ0) is 23.4. The minimum atomic E-state index is -1.11. The van der Waals surface area contributed by atoms with Crippen molar-refractivity contribution >= 4 is 35.7 Å². The minimum Gasteiger partial charge on any atom is -0.434 e. The zero-order valence-corrected chi connectivity index (χ0v) is 19.0. The number of carbonyl (C=O) groups excluding carboxylic acids is 4. The fraction of sp³-hybridized carbons (Fsp3) is 0.455. The Balaban J connectivity index is 1.59. The van der Waals surface area contributed by atoms with Crippen LogP contribution in [0.2, 0.25) is 0 Å². The standard InChI is InChI=1S/C22H27N3O6S/c1-12(2)10-30-22(29)31-21(28)18-13(3)11-32-20-17(19(27)25(18)20)24-16(26)9-15(23)14-7-5-4-6-8-14/h4-8,12,15,17,20H,9-11,23H2,1-3H3,(H,24,26). The van der Waals surface area contributed by atoms with Gasteiger partial charge in [-0.1, -0.05) is 44.2 Å². The number of nitrogens with one attached hydrogen (secondary N) is 1. The van der Waals surface area contributed by atoms with Crippen LogP contribution in [0, 0.1) is 5.92 Å². The first-order valence-electron chi connectivity index (χ1n) is 10.3. The van der Waals surface area contributed by atoms with Crippen LogP contribution in [0.4, 0.5) is 4.79 Å². The maximum Gasteiger partial charge on any atom is 0.516 e. The van der Waals surface area contributed by atoms with Crippen molar-refractivity contribution in [2.75, 3.05) is 12.4 Å². The largest absolute Gasteiger partial charge is 0.516 e. The summed E-state index contributed by atoms with van der Waals surface area (Å²) in [5.74, 6) is -1.19. The van der Waals surface area contributed by atoms with Crippen molar-refractivity contribution in [1.82, 2.24) is 10.2 Å². The van der Waals surface area contributed by atoms with E-state index in [1.807, 2.05) is 44.2 Å². The van der Waals surface area contributed by atoms with Crippen molar-refractivity contribution in [2.24, 2.45) is 11.7 Å². The average molecular weight is 462 g/mol. The Kier molecular flexibility index (Phi) is 7.57. The molecule has 0 saturated carbocycles. The molecule has 2 aliphatic heterocycles. The predicted octanol–water partition coefficient (Wildman–Crippen LogP) is 2.09. The number of nitrogens with two attached hydrogens (primary N) is 1. The number of rotatable bonds is 7. The molecule has 0 aromatic heterocycles. The molecule has 1 saturated heterocycles. The van der Waals surface area contributed by atoms with E-state index in [-0.39, 0.29) is 30.5 Å². The van der Waals surface area contributed by atoms with Gasteiger partial charge in [-0.25, -0.2) is 9.59 Å². The van der Waals surface area contributed by atoms with Crippen LogP contribution < -0.4 is 11.1 Å². The average Bonchev–Trinajstić information content (AvgIpc) is 2.76. The third-order valence-electron chi connectivity index (χ3n) is 5.01. The van der Waals surface area contributed by atoms with Gasteiger partial charge in [0.05, 0.1) is 6.61 Å². The maximum atomic E-state index is 12.8. The van der Waals surface area contributed by atoms with Gasteiger partial charge in [0.15, 0.2) is 0 Å². The molecule has 3 unspecified atom stereocenters. The molecule has 9 nitrogen and oxygen atoms in total. The summed E-state index contributed by atoms with van der Waals surface area (Å²) < 4.78 is 9.64. The molecule has 2 amide bonds. The molecule has 172 valence electrons. The lowest BCUT2D eigenvalue weighted by Crippen LogP contribution is -2.70. The molecular weight excluding hydrogens is 434 g/mol. The lowest BCUT2D eigenvalue weighted by Gasteiger charge is -2.49. The number of esters is 1. The fourth-order valence-electron chi connectivity index (χ4n) is 3.40. The number of hydrogen-bond donors (Lipinski definition) is 2. The van der Waals surface area contributed by atoms with E-state index in [2.05, 4.69) is 5.32 Å². The van der Waals surface area contributed by atoms with E-state index in [0.29, 0.717) is 11.3 Å². The molecule has 1 fully saturated rings. The highest BCUT2D eigenvalue weighted by Gasteiger charge is 2.54. The van der Waals surface area contributed by atoms with E-state index in [1.54, 1.807) is 6.92 Å². The summed E-state index contributed by atoms with van der Waals surface area (Å²) in [5, 5.41) is 2.26. The summed E-state index contributed by atoms with van der Waals surface area (Å²) >= 11 is 1.42. The summed E-state index contributed by atoms with van der Waals surface area (Å²) in [6.45, 7) is 5.51. The van der Waals surface area contributed by atoms with E-state index >= 15 is 0 Å². The molecule has 32 heavy (non-hydrogen) atoms. The van der Waals surface area contributed by atoms with Crippen LogP contribution in [0.25, 0.3) is 0 Å². The van der Waals surface area contributed by atoms with Crippen molar-refractivity contribution in [3.05, 3.63) is 47.2 Å². The number of ether oxygens (including phenoxy) is 2. The predicted molar refractivity (Wildman–Crippen MR) is 118 cm³/mol. The summed E-state index contributed by atoms with van der Waals surface area (Å²) in [6.07, 6.45) is -1.08. The van der Waals surface area contributed by atoms with Gasteiger partial charge in [-0.3, -0.25) is 14.5 Å². The maximum absolute atomic E-state index is 12.8. The van der Waals surface area contributed by atoms with E-state index < -0.39 is 35.5 Å². The highest BCUT2D eigenvalue weighted by Crippen LogP contribution is 2.40. The van der Waals surface area contributed by atoms with Crippen LogP contribution in [-0.4, -0.2) is 52.6 Å². The molecule has 0 radical (unpaired) electrons. The van der Waals surface area contributed by atoms with Crippen LogP contribution >= 0.6 is 11.8 Å². The first-order valence-corrected chi connectivity index (χ1v) is 11.4. The topological polar surface area (TPSA) is 128 Å². The molecule has 0 spiro atoms. The molecule has 3 N–H and O–H groups in total. The fourth-order valence-corrected chi connectivity index (χ4v) is 4.69. The van der Waals surface area contributed by atoms with Crippen molar-refractivity contribution in [3.63, 3.8) is 0 Å². The number of carbonyl (C=O) groups is 4. The Morgan fingerprint density at radius 3 is 2.59 bits per heavy atom. The monoisotopic (exact) mass is 461 g/mol. The molecule has 1 aromatic carbocycles. The molecular formula is C22H27N3O6S. The van der Waals surface area contributed by atoms with Crippen LogP contribution in [0.3, 0.4) is 0 Å². The second kappa shape index (κ2) is 10.2. The van der Waals surface area contributed by atoms with Gasteiger partial charge in [0, 0.05) is 18.2 Å². The Morgan fingerprint density at radius 1 is 1.25 bits per heavy atom. The van der Waals surface area contributed by atoms with Gasteiger partial charge < -0.3 is 20.5 Å². The van der Waals surface area contributed by atoms with Gasteiger partial charge in [-0.15, -0.1) is 11.8 Å². The number of amides is 2. The highest BCUT2D eigenvalue weighted by atomic mass is 32.2. The van der Waals surface area contributed by atoms with Gasteiger partial charge in [0.1, 0.15) is 17.1 Å². The van der Waals surface area contributed by atoms with Gasteiger partial charge in [0.25, 0.3) is 5.91 Å². The van der Waals surface area contributed by atoms with Crippen LogP contribution in [-0.2, 0) is 23.9 Å². The van der Waals surface area contributed by atoms with E-state index in [9.17, 15) is 19.2 Å². The van der Waals surface area contributed by atoms with Crippen LogP contribution in [0.15, 0.2) is 41.6 Å². The minimum absolute atomic E-state index is 0.0201. The Morgan fingerprint density at radius 2 is 1.94 bits per heavy atom. The second-order valence-corrected chi connectivity index (χ2v) is 9.25. The quantitative estimate of drug-likeness (QED) is 0.359. The summed E-state index contributed by atoms with van der Waals surface area (Å²) in [4.78, 5) is 50.8. The van der Waals surface area contributed by atoms with Crippen molar-refractivity contribution < 1.29 is 28.7 Å². The molecule has 3 rings (SSSR count). The Hall–Kier alpha value is -2.85. The molecule has 2 aliphatic rings. The summed E-state index contributed by atoms with van der Waals surface area (Å²) in [7, 11) is 0. The second-order valence-electron chi connectivity index (χ2n) is 8.15. The first kappa shape index (κ1) is 23.8. The van der Waals surface area contributed by atoms with Gasteiger partial charge in [-0.05, 0) is 24.0 Å². The van der Waals surface area contributed by atoms with Gasteiger partial charge in [0.2, 0.25) is 5.91 Å². The molecule has 0 bridgehead atoms. The van der Waals surface area contributed by atoms with E-state index in [1.165, 1.54) is 16.7 Å². The molecule has 3 atom stereocenters. The number of fused-ring (bicyclic) bond motifs is 1. The number of β-lactam (4-membered cyclic amide) rings is 1. The number of benzene rings is 1. The molecule has 0 aliphatic carbocycles. The SMILES string of the molecule is CC1=C(C(=O)OC(=O)OCC(C)C)N2C(=O)C(NC(=O)CC(N)c3ccccc3)C2SC1. The molecule has 1 aromatic rings.